The third-order valence-electron chi connectivity index (χ3n) is 5.32. The highest BCUT2D eigenvalue weighted by atomic mass is 32.2. The SMILES string of the molecule is c1ccc(CSc2nc(SCc3ccccc3)c3c4c([nH]c3n2)CCCC4)cc1. The van der Waals surface area contributed by atoms with Crippen LogP contribution in [-0.4, -0.2) is 15.0 Å². The molecule has 1 N–H and O–H groups in total. The molecule has 146 valence electrons. The Morgan fingerprint density at radius 3 is 2.14 bits per heavy atom. The molecule has 0 saturated heterocycles. The van der Waals surface area contributed by atoms with Crippen molar-refractivity contribution < 1.29 is 0 Å². The Balaban J connectivity index is 1.48. The fourth-order valence-corrected chi connectivity index (χ4v) is 5.73. The number of rotatable bonds is 6. The molecular formula is C24H23N3S2. The molecule has 5 heteroatoms. The van der Waals surface area contributed by atoms with E-state index in [0.29, 0.717) is 0 Å². The lowest BCUT2D eigenvalue weighted by Gasteiger charge is -2.12. The fraction of sp³-hybridized carbons (Fsp3) is 0.250. The van der Waals surface area contributed by atoms with Gasteiger partial charge in [0.05, 0.1) is 5.39 Å². The molecule has 4 aromatic rings. The van der Waals surface area contributed by atoms with E-state index in [4.69, 9.17) is 9.97 Å². The maximum atomic E-state index is 5.01. The summed E-state index contributed by atoms with van der Waals surface area (Å²) < 4.78 is 0. The molecule has 3 nitrogen and oxygen atoms in total. The Bertz CT molecular complexity index is 1110. The second kappa shape index (κ2) is 8.64. The van der Waals surface area contributed by atoms with Gasteiger partial charge in [0.15, 0.2) is 5.16 Å². The molecule has 0 atom stereocenters. The van der Waals surface area contributed by atoms with Crippen molar-refractivity contribution in [2.75, 3.05) is 0 Å². The van der Waals surface area contributed by atoms with Gasteiger partial charge in [0, 0.05) is 17.2 Å². The van der Waals surface area contributed by atoms with Crippen LogP contribution in [0.4, 0.5) is 0 Å². The third kappa shape index (κ3) is 4.21. The lowest BCUT2D eigenvalue weighted by Crippen LogP contribution is -2.00. The summed E-state index contributed by atoms with van der Waals surface area (Å²) in [5, 5.41) is 3.23. The van der Waals surface area contributed by atoms with Gasteiger partial charge in [0.25, 0.3) is 0 Å². The van der Waals surface area contributed by atoms with E-state index in [0.717, 1.165) is 40.2 Å². The summed E-state index contributed by atoms with van der Waals surface area (Å²) in [4.78, 5) is 13.5. The van der Waals surface area contributed by atoms with Crippen molar-refractivity contribution in [3.63, 3.8) is 0 Å². The van der Waals surface area contributed by atoms with Gasteiger partial charge in [-0.05, 0) is 42.4 Å². The lowest BCUT2D eigenvalue weighted by molar-refractivity contribution is 0.679. The minimum Gasteiger partial charge on any atom is -0.343 e. The van der Waals surface area contributed by atoms with Gasteiger partial charge >= 0.3 is 0 Å². The first kappa shape index (κ1) is 18.8. The average Bonchev–Trinajstić information content (AvgIpc) is 3.16. The highest BCUT2D eigenvalue weighted by Crippen LogP contribution is 2.36. The van der Waals surface area contributed by atoms with Gasteiger partial charge in [-0.25, -0.2) is 9.97 Å². The first-order chi connectivity index (χ1) is 14.4. The van der Waals surface area contributed by atoms with Crippen molar-refractivity contribution in [2.45, 2.75) is 47.4 Å². The summed E-state index contributed by atoms with van der Waals surface area (Å²) in [5.74, 6) is 1.81. The van der Waals surface area contributed by atoms with Crippen molar-refractivity contribution >= 4 is 34.6 Å². The van der Waals surface area contributed by atoms with Crippen molar-refractivity contribution in [3.8, 4) is 0 Å². The number of nitrogens with zero attached hydrogens (tertiary/aromatic N) is 2. The minimum atomic E-state index is 0.857. The number of aromatic nitrogens is 3. The van der Waals surface area contributed by atoms with Crippen LogP contribution in [-0.2, 0) is 24.3 Å². The molecule has 0 spiro atoms. The average molecular weight is 418 g/mol. The first-order valence-electron chi connectivity index (χ1n) is 10.1. The van der Waals surface area contributed by atoms with Crippen LogP contribution in [0.15, 0.2) is 70.8 Å². The lowest BCUT2D eigenvalue weighted by atomic mass is 9.96. The van der Waals surface area contributed by atoms with Crippen LogP contribution in [0.25, 0.3) is 11.0 Å². The quantitative estimate of drug-likeness (QED) is 0.223. The van der Waals surface area contributed by atoms with Crippen LogP contribution in [0.1, 0.15) is 35.2 Å². The summed E-state index contributed by atoms with van der Waals surface area (Å²) in [7, 11) is 0. The second-order valence-electron chi connectivity index (χ2n) is 7.37. The zero-order chi connectivity index (χ0) is 19.5. The summed E-state index contributed by atoms with van der Waals surface area (Å²) in [6.07, 6.45) is 4.78. The maximum absolute atomic E-state index is 5.01. The van der Waals surface area contributed by atoms with Crippen LogP contribution >= 0.6 is 23.5 Å². The van der Waals surface area contributed by atoms with Crippen LogP contribution in [0.3, 0.4) is 0 Å². The largest absolute Gasteiger partial charge is 0.343 e. The topological polar surface area (TPSA) is 41.6 Å². The van der Waals surface area contributed by atoms with Gasteiger partial charge in [-0.2, -0.15) is 0 Å². The molecule has 0 unspecified atom stereocenters. The van der Waals surface area contributed by atoms with Crippen LogP contribution < -0.4 is 0 Å². The monoisotopic (exact) mass is 417 g/mol. The fourth-order valence-electron chi connectivity index (χ4n) is 3.86. The Labute approximate surface area is 179 Å². The molecule has 2 aromatic heterocycles. The minimum absolute atomic E-state index is 0.857. The third-order valence-corrected chi connectivity index (χ3v) is 7.29. The summed E-state index contributed by atoms with van der Waals surface area (Å²) in [6, 6.07) is 21.2. The van der Waals surface area contributed by atoms with Crippen LogP contribution in [0.2, 0.25) is 0 Å². The highest BCUT2D eigenvalue weighted by molar-refractivity contribution is 7.99. The van der Waals surface area contributed by atoms with E-state index in [-0.39, 0.29) is 0 Å². The number of hydrogen-bond acceptors (Lipinski definition) is 4. The molecule has 5 rings (SSSR count). The van der Waals surface area contributed by atoms with E-state index in [2.05, 4.69) is 65.6 Å². The number of aromatic amines is 1. The number of H-pyrrole nitrogens is 1. The van der Waals surface area contributed by atoms with E-state index in [1.54, 1.807) is 11.8 Å². The Morgan fingerprint density at radius 1 is 0.759 bits per heavy atom. The highest BCUT2D eigenvalue weighted by Gasteiger charge is 2.21. The van der Waals surface area contributed by atoms with E-state index in [1.165, 1.54) is 40.6 Å². The molecule has 0 amide bonds. The van der Waals surface area contributed by atoms with Gasteiger partial charge in [-0.1, -0.05) is 72.4 Å². The molecular weight excluding hydrogens is 394 g/mol. The summed E-state index contributed by atoms with van der Waals surface area (Å²) >= 11 is 3.55. The maximum Gasteiger partial charge on any atom is 0.190 e. The Hall–Kier alpha value is -2.24. The molecule has 0 radical (unpaired) electrons. The van der Waals surface area contributed by atoms with Gasteiger partial charge < -0.3 is 4.98 Å². The molecule has 0 bridgehead atoms. The van der Waals surface area contributed by atoms with Gasteiger partial charge in [0.1, 0.15) is 10.7 Å². The normalized spacial score (nSPS) is 13.5. The molecule has 0 fully saturated rings. The van der Waals surface area contributed by atoms with Gasteiger partial charge in [-0.15, -0.1) is 11.8 Å². The number of aryl methyl sites for hydroxylation is 2. The number of nitrogens with one attached hydrogen (secondary N) is 1. The van der Waals surface area contributed by atoms with Crippen molar-refractivity contribution in [1.29, 1.82) is 0 Å². The van der Waals surface area contributed by atoms with Crippen molar-refractivity contribution in [2.24, 2.45) is 0 Å². The van der Waals surface area contributed by atoms with Crippen molar-refractivity contribution in [1.82, 2.24) is 15.0 Å². The van der Waals surface area contributed by atoms with Crippen LogP contribution in [0, 0.1) is 0 Å². The first-order valence-corrected chi connectivity index (χ1v) is 12.1. The predicted octanol–water partition coefficient (Wildman–Crippen LogP) is 6.42. The predicted molar refractivity (Wildman–Crippen MR) is 123 cm³/mol. The number of benzene rings is 2. The number of fused-ring (bicyclic) bond motifs is 3. The number of hydrogen-bond donors (Lipinski definition) is 1. The van der Waals surface area contributed by atoms with E-state index in [1.807, 2.05) is 11.8 Å². The Kier molecular flexibility index (Phi) is 5.59. The summed E-state index contributed by atoms with van der Waals surface area (Å²) in [5.41, 5.74) is 6.45. The second-order valence-corrected chi connectivity index (χ2v) is 9.28. The van der Waals surface area contributed by atoms with E-state index >= 15 is 0 Å². The van der Waals surface area contributed by atoms with Gasteiger partial charge in [0.2, 0.25) is 0 Å². The molecule has 1 aliphatic carbocycles. The Morgan fingerprint density at radius 2 is 1.41 bits per heavy atom. The van der Waals surface area contributed by atoms with E-state index in [9.17, 15) is 0 Å². The molecule has 2 aromatic carbocycles. The molecule has 29 heavy (non-hydrogen) atoms. The van der Waals surface area contributed by atoms with E-state index < -0.39 is 0 Å². The summed E-state index contributed by atoms with van der Waals surface area (Å²) in [6.45, 7) is 0. The molecule has 0 saturated carbocycles. The number of thioether (sulfide) groups is 2. The molecule has 0 aliphatic heterocycles. The standard InChI is InChI=1S/C24H23N3S2/c1-3-9-17(10-4-1)15-28-23-21-19-13-7-8-14-20(19)25-22(21)26-24(27-23)29-16-18-11-5-2-6-12-18/h1-6,9-12H,7-8,13-16H2,(H,25,26,27). The van der Waals surface area contributed by atoms with Crippen molar-refractivity contribution in [3.05, 3.63) is 83.0 Å². The van der Waals surface area contributed by atoms with Gasteiger partial charge in [-0.3, -0.25) is 0 Å². The zero-order valence-electron chi connectivity index (χ0n) is 16.2. The van der Waals surface area contributed by atoms with Crippen LogP contribution in [0.5, 0.6) is 0 Å². The zero-order valence-corrected chi connectivity index (χ0v) is 17.9. The smallest absolute Gasteiger partial charge is 0.190 e. The molecule has 2 heterocycles. The molecule has 1 aliphatic rings.